The van der Waals surface area contributed by atoms with Crippen LogP contribution in [0.4, 0.5) is 11.5 Å². The molecule has 3 rings (SSSR count). The van der Waals surface area contributed by atoms with Crippen LogP contribution in [-0.2, 0) is 6.54 Å². The number of pyridine rings is 1. The van der Waals surface area contributed by atoms with Gasteiger partial charge in [0.1, 0.15) is 5.82 Å². The summed E-state index contributed by atoms with van der Waals surface area (Å²) in [4.78, 5) is 6.77. The van der Waals surface area contributed by atoms with Crippen molar-refractivity contribution in [2.75, 3.05) is 25.1 Å². The van der Waals surface area contributed by atoms with Gasteiger partial charge < -0.3 is 15.0 Å². The van der Waals surface area contributed by atoms with E-state index in [-0.39, 0.29) is 0 Å². The van der Waals surface area contributed by atoms with Crippen molar-refractivity contribution in [3.8, 4) is 5.88 Å². The van der Waals surface area contributed by atoms with Crippen molar-refractivity contribution in [1.82, 2.24) is 10.3 Å². The second kappa shape index (κ2) is 5.28. The number of nitrogens with zero attached hydrogens (tertiary/aromatic N) is 2. The Kier molecular flexibility index (Phi) is 3.33. The molecule has 0 unspecified atom stereocenters. The van der Waals surface area contributed by atoms with E-state index in [2.05, 4.69) is 39.5 Å². The van der Waals surface area contributed by atoms with Gasteiger partial charge in [-0.3, -0.25) is 0 Å². The highest BCUT2D eigenvalue weighted by Crippen LogP contribution is 2.29. The summed E-state index contributed by atoms with van der Waals surface area (Å²) in [6, 6.07) is 14.3. The Balaban J connectivity index is 2.03. The molecule has 0 aliphatic carbocycles. The summed E-state index contributed by atoms with van der Waals surface area (Å²) in [6.45, 7) is 2.74. The van der Waals surface area contributed by atoms with Gasteiger partial charge in [0.2, 0.25) is 5.88 Å². The topological polar surface area (TPSA) is 37.4 Å². The van der Waals surface area contributed by atoms with Gasteiger partial charge in [-0.1, -0.05) is 24.3 Å². The summed E-state index contributed by atoms with van der Waals surface area (Å²) in [5, 5.41) is 3.43. The lowest BCUT2D eigenvalue weighted by molar-refractivity contribution is 0.398. The summed E-state index contributed by atoms with van der Waals surface area (Å²) in [7, 11) is 1.64. The standard InChI is InChI=1S/C15H17N3O/c1-19-15-8-4-7-14(17-15)18-10-9-16-11-12-5-2-3-6-13(12)18/h2-8,16H,9-11H2,1H3. The molecule has 1 aromatic carbocycles. The first-order valence-corrected chi connectivity index (χ1v) is 6.46. The van der Waals surface area contributed by atoms with Crippen LogP contribution in [0.5, 0.6) is 5.88 Å². The van der Waals surface area contributed by atoms with Crippen molar-refractivity contribution < 1.29 is 4.74 Å². The Morgan fingerprint density at radius 3 is 2.95 bits per heavy atom. The largest absolute Gasteiger partial charge is 0.481 e. The number of ether oxygens (including phenoxy) is 1. The highest BCUT2D eigenvalue weighted by Gasteiger charge is 2.17. The lowest BCUT2D eigenvalue weighted by atomic mass is 10.1. The van der Waals surface area contributed by atoms with Crippen LogP contribution in [0.1, 0.15) is 5.56 Å². The molecule has 0 saturated carbocycles. The van der Waals surface area contributed by atoms with E-state index in [1.165, 1.54) is 11.3 Å². The zero-order chi connectivity index (χ0) is 13.1. The van der Waals surface area contributed by atoms with Gasteiger partial charge in [0.25, 0.3) is 0 Å². The van der Waals surface area contributed by atoms with E-state index >= 15 is 0 Å². The fraction of sp³-hybridized carbons (Fsp3) is 0.267. The number of benzene rings is 1. The number of methoxy groups -OCH3 is 1. The Hall–Kier alpha value is -2.07. The minimum atomic E-state index is 0.646. The Morgan fingerprint density at radius 1 is 1.16 bits per heavy atom. The van der Waals surface area contributed by atoms with Crippen LogP contribution in [0, 0.1) is 0 Å². The summed E-state index contributed by atoms with van der Waals surface area (Å²) >= 11 is 0. The number of anilines is 2. The van der Waals surface area contributed by atoms with Crippen molar-refractivity contribution in [2.45, 2.75) is 6.54 Å². The molecule has 98 valence electrons. The van der Waals surface area contributed by atoms with E-state index in [1.54, 1.807) is 7.11 Å². The molecule has 1 aliphatic heterocycles. The van der Waals surface area contributed by atoms with E-state index in [4.69, 9.17) is 4.74 Å². The quantitative estimate of drug-likeness (QED) is 0.893. The average Bonchev–Trinajstić information content (AvgIpc) is 2.69. The zero-order valence-electron chi connectivity index (χ0n) is 11.0. The average molecular weight is 255 g/mol. The molecule has 2 heterocycles. The summed E-state index contributed by atoms with van der Waals surface area (Å²) in [5.74, 6) is 1.57. The van der Waals surface area contributed by atoms with Gasteiger partial charge in [-0.2, -0.15) is 4.98 Å². The molecule has 1 aromatic heterocycles. The third kappa shape index (κ3) is 2.39. The third-order valence-electron chi connectivity index (χ3n) is 3.30. The molecule has 0 fully saturated rings. The molecule has 1 N–H and O–H groups in total. The molecular weight excluding hydrogens is 238 g/mol. The molecule has 0 bridgehead atoms. The van der Waals surface area contributed by atoms with Crippen LogP contribution in [0.3, 0.4) is 0 Å². The van der Waals surface area contributed by atoms with Gasteiger partial charge in [-0.05, 0) is 17.7 Å². The number of hydrogen-bond acceptors (Lipinski definition) is 4. The van der Waals surface area contributed by atoms with E-state index in [1.807, 2.05) is 18.2 Å². The number of para-hydroxylation sites is 1. The summed E-state index contributed by atoms with van der Waals surface area (Å²) < 4.78 is 5.21. The van der Waals surface area contributed by atoms with Gasteiger partial charge in [0.15, 0.2) is 0 Å². The van der Waals surface area contributed by atoms with Crippen LogP contribution in [0.2, 0.25) is 0 Å². The molecular formula is C15H17N3O. The SMILES string of the molecule is COc1cccc(N2CCNCc3ccccc32)n1. The molecule has 2 aromatic rings. The van der Waals surface area contributed by atoms with E-state index < -0.39 is 0 Å². The molecule has 0 radical (unpaired) electrons. The maximum Gasteiger partial charge on any atom is 0.214 e. The second-order valence-electron chi connectivity index (χ2n) is 4.50. The first kappa shape index (κ1) is 12.0. The minimum Gasteiger partial charge on any atom is -0.481 e. The molecule has 0 saturated heterocycles. The molecule has 4 heteroatoms. The predicted molar refractivity (Wildman–Crippen MR) is 75.9 cm³/mol. The van der Waals surface area contributed by atoms with E-state index in [9.17, 15) is 0 Å². The first-order valence-electron chi connectivity index (χ1n) is 6.46. The number of aromatic nitrogens is 1. The summed E-state index contributed by atoms with van der Waals surface area (Å²) in [6.07, 6.45) is 0. The monoisotopic (exact) mass is 255 g/mol. The number of rotatable bonds is 2. The lowest BCUT2D eigenvalue weighted by Crippen LogP contribution is -2.25. The minimum absolute atomic E-state index is 0.646. The van der Waals surface area contributed by atoms with Crippen molar-refractivity contribution in [3.05, 3.63) is 48.0 Å². The Labute approximate surface area is 113 Å². The number of nitrogens with one attached hydrogen (secondary N) is 1. The first-order chi connectivity index (χ1) is 9.38. The smallest absolute Gasteiger partial charge is 0.214 e. The third-order valence-corrected chi connectivity index (χ3v) is 3.30. The number of fused-ring (bicyclic) bond motifs is 1. The molecule has 4 nitrogen and oxygen atoms in total. The van der Waals surface area contributed by atoms with Gasteiger partial charge in [0, 0.05) is 31.4 Å². The fourth-order valence-electron chi connectivity index (χ4n) is 2.36. The summed E-state index contributed by atoms with van der Waals surface area (Å²) in [5.41, 5.74) is 2.51. The van der Waals surface area contributed by atoms with Crippen LogP contribution in [0.25, 0.3) is 0 Å². The van der Waals surface area contributed by atoms with Gasteiger partial charge >= 0.3 is 0 Å². The normalized spacial score (nSPS) is 14.7. The van der Waals surface area contributed by atoms with Crippen molar-refractivity contribution in [1.29, 1.82) is 0 Å². The fourth-order valence-corrected chi connectivity index (χ4v) is 2.36. The molecule has 1 aliphatic rings. The Bertz CT molecular complexity index is 571. The van der Waals surface area contributed by atoms with Crippen molar-refractivity contribution >= 4 is 11.5 Å². The van der Waals surface area contributed by atoms with E-state index in [0.717, 1.165) is 25.5 Å². The van der Waals surface area contributed by atoms with Crippen LogP contribution >= 0.6 is 0 Å². The highest BCUT2D eigenvalue weighted by molar-refractivity contribution is 5.64. The maximum atomic E-state index is 5.21. The molecule has 19 heavy (non-hydrogen) atoms. The van der Waals surface area contributed by atoms with Gasteiger partial charge in [0.05, 0.1) is 7.11 Å². The van der Waals surface area contributed by atoms with Gasteiger partial charge in [-0.25, -0.2) is 0 Å². The molecule has 0 atom stereocenters. The van der Waals surface area contributed by atoms with Crippen LogP contribution < -0.4 is 15.0 Å². The second-order valence-corrected chi connectivity index (χ2v) is 4.50. The van der Waals surface area contributed by atoms with E-state index in [0.29, 0.717) is 5.88 Å². The molecule has 0 spiro atoms. The number of hydrogen-bond donors (Lipinski definition) is 1. The van der Waals surface area contributed by atoms with Gasteiger partial charge in [-0.15, -0.1) is 0 Å². The van der Waals surface area contributed by atoms with Crippen LogP contribution in [-0.4, -0.2) is 25.2 Å². The Morgan fingerprint density at radius 2 is 2.05 bits per heavy atom. The van der Waals surface area contributed by atoms with Crippen molar-refractivity contribution in [2.24, 2.45) is 0 Å². The van der Waals surface area contributed by atoms with Crippen LogP contribution in [0.15, 0.2) is 42.5 Å². The van der Waals surface area contributed by atoms with Crippen molar-refractivity contribution in [3.63, 3.8) is 0 Å². The lowest BCUT2D eigenvalue weighted by Gasteiger charge is -2.23. The predicted octanol–water partition coefficient (Wildman–Crippen LogP) is 2.33. The highest BCUT2D eigenvalue weighted by atomic mass is 16.5. The zero-order valence-corrected chi connectivity index (χ0v) is 11.0. The maximum absolute atomic E-state index is 5.21. The molecule has 0 amide bonds.